The number of benzene rings is 1. The van der Waals surface area contributed by atoms with Crippen molar-refractivity contribution in [3.63, 3.8) is 0 Å². The zero-order valence-corrected chi connectivity index (χ0v) is 14.0. The van der Waals surface area contributed by atoms with Gasteiger partial charge < -0.3 is 9.64 Å². The van der Waals surface area contributed by atoms with E-state index in [1.165, 1.54) is 0 Å². The maximum Gasteiger partial charge on any atom is 0.273 e. The van der Waals surface area contributed by atoms with Crippen LogP contribution < -0.4 is 4.90 Å². The first-order valence-corrected chi connectivity index (χ1v) is 9.07. The van der Waals surface area contributed by atoms with E-state index in [4.69, 9.17) is 4.74 Å². The van der Waals surface area contributed by atoms with E-state index < -0.39 is 0 Å². The lowest BCUT2D eigenvalue weighted by molar-refractivity contribution is -0.385. The lowest BCUT2D eigenvalue weighted by Crippen LogP contribution is -2.49. The Morgan fingerprint density at radius 1 is 1.04 bits per heavy atom. The molecule has 2 saturated heterocycles. The van der Waals surface area contributed by atoms with Crippen molar-refractivity contribution in [1.82, 2.24) is 4.90 Å². The molecular formula is C18H25N3O3. The minimum Gasteiger partial charge on any atom is -0.379 e. The minimum absolute atomic E-state index is 0.234. The molecule has 0 unspecified atom stereocenters. The van der Waals surface area contributed by atoms with Crippen molar-refractivity contribution in [3.05, 3.63) is 33.9 Å². The molecule has 130 valence electrons. The highest BCUT2D eigenvalue weighted by Crippen LogP contribution is 2.45. The van der Waals surface area contributed by atoms with Crippen molar-refractivity contribution >= 4 is 11.4 Å². The van der Waals surface area contributed by atoms with Gasteiger partial charge in [0, 0.05) is 49.5 Å². The van der Waals surface area contributed by atoms with Crippen molar-refractivity contribution < 1.29 is 9.66 Å². The molecule has 6 nitrogen and oxygen atoms in total. The van der Waals surface area contributed by atoms with Gasteiger partial charge in [0.15, 0.2) is 0 Å². The quantitative estimate of drug-likeness (QED) is 0.627. The number of piperidine rings is 1. The van der Waals surface area contributed by atoms with Crippen LogP contribution in [0.1, 0.15) is 37.2 Å². The van der Waals surface area contributed by atoms with Gasteiger partial charge in [-0.2, -0.15) is 0 Å². The van der Waals surface area contributed by atoms with E-state index in [9.17, 15) is 10.1 Å². The zero-order chi connectivity index (χ0) is 16.5. The van der Waals surface area contributed by atoms with E-state index in [0.717, 1.165) is 76.3 Å². The Labute approximate surface area is 142 Å². The molecule has 3 fully saturated rings. The number of anilines is 1. The number of morpholine rings is 1. The number of nitro benzene ring substituents is 1. The predicted molar refractivity (Wildman–Crippen MR) is 92.7 cm³/mol. The van der Waals surface area contributed by atoms with Crippen molar-refractivity contribution in [1.29, 1.82) is 0 Å². The van der Waals surface area contributed by atoms with Crippen LogP contribution in [0.5, 0.6) is 0 Å². The fraction of sp³-hybridized carbons (Fsp3) is 0.667. The maximum absolute atomic E-state index is 11.2. The number of hydrogen-bond donors (Lipinski definition) is 0. The summed E-state index contributed by atoms with van der Waals surface area (Å²) in [5, 5.41) is 11.2. The van der Waals surface area contributed by atoms with Crippen LogP contribution in [0.4, 0.5) is 11.4 Å². The topological polar surface area (TPSA) is 58.9 Å². The Balaban J connectivity index is 1.43. The van der Waals surface area contributed by atoms with Crippen LogP contribution in [-0.4, -0.2) is 55.3 Å². The molecule has 24 heavy (non-hydrogen) atoms. The van der Waals surface area contributed by atoms with Crippen LogP contribution in [0.25, 0.3) is 0 Å². The monoisotopic (exact) mass is 331 g/mol. The molecule has 4 rings (SSSR count). The summed E-state index contributed by atoms with van der Waals surface area (Å²) in [4.78, 5) is 16.0. The molecule has 0 atom stereocenters. The molecule has 1 saturated carbocycles. The number of nitro groups is 1. The normalized spacial score (nSPS) is 23.4. The Morgan fingerprint density at radius 2 is 1.75 bits per heavy atom. The molecule has 2 heterocycles. The third kappa shape index (κ3) is 3.26. The van der Waals surface area contributed by atoms with Gasteiger partial charge in [-0.15, -0.1) is 0 Å². The fourth-order valence-electron chi connectivity index (χ4n) is 4.06. The highest BCUT2D eigenvalue weighted by Gasteiger charge is 2.32. The first kappa shape index (κ1) is 15.8. The number of hydrogen-bond acceptors (Lipinski definition) is 5. The summed E-state index contributed by atoms with van der Waals surface area (Å²) in [6.45, 7) is 5.87. The van der Waals surface area contributed by atoms with Gasteiger partial charge in [0.2, 0.25) is 0 Å². The molecule has 6 heteroatoms. The van der Waals surface area contributed by atoms with Gasteiger partial charge in [0.25, 0.3) is 5.69 Å². The van der Waals surface area contributed by atoms with Crippen LogP contribution in [0.15, 0.2) is 18.2 Å². The van der Waals surface area contributed by atoms with Gasteiger partial charge in [-0.3, -0.25) is 15.0 Å². The van der Waals surface area contributed by atoms with E-state index in [1.54, 1.807) is 6.07 Å². The molecule has 0 bridgehead atoms. The highest BCUT2D eigenvalue weighted by atomic mass is 16.6. The molecular weight excluding hydrogens is 306 g/mol. The van der Waals surface area contributed by atoms with Crippen LogP contribution >= 0.6 is 0 Å². The summed E-state index contributed by atoms with van der Waals surface area (Å²) in [6.07, 6.45) is 4.50. The summed E-state index contributed by atoms with van der Waals surface area (Å²) in [5.41, 5.74) is 2.39. The first-order valence-electron chi connectivity index (χ1n) is 9.07. The van der Waals surface area contributed by atoms with Crippen molar-refractivity contribution in [2.75, 3.05) is 44.3 Å². The van der Waals surface area contributed by atoms with Crippen LogP contribution in [-0.2, 0) is 4.74 Å². The Morgan fingerprint density at radius 3 is 2.38 bits per heavy atom. The van der Waals surface area contributed by atoms with E-state index in [-0.39, 0.29) is 4.92 Å². The molecule has 1 aliphatic carbocycles. The number of rotatable bonds is 4. The number of ether oxygens (including phenoxy) is 1. The second-order valence-electron chi connectivity index (χ2n) is 7.14. The van der Waals surface area contributed by atoms with Gasteiger partial charge in [-0.25, -0.2) is 0 Å². The lowest BCUT2D eigenvalue weighted by Gasteiger charge is -2.40. The summed E-state index contributed by atoms with van der Waals surface area (Å²) in [7, 11) is 0. The third-order valence-corrected chi connectivity index (χ3v) is 5.62. The van der Waals surface area contributed by atoms with Gasteiger partial charge in [-0.05, 0) is 43.7 Å². The highest BCUT2D eigenvalue weighted by molar-refractivity contribution is 5.58. The molecule has 1 aromatic rings. The lowest BCUT2D eigenvalue weighted by atomic mass is 10.0. The molecule has 1 aromatic carbocycles. The van der Waals surface area contributed by atoms with Gasteiger partial charge in [0.1, 0.15) is 0 Å². The maximum atomic E-state index is 11.2. The molecule has 0 spiro atoms. The van der Waals surface area contributed by atoms with Gasteiger partial charge >= 0.3 is 0 Å². The second kappa shape index (κ2) is 6.69. The molecule has 0 amide bonds. The SMILES string of the molecule is O=[N+]([O-])c1ccc(N2CCC(N3CCOCC3)CC2)cc1C1CC1. The van der Waals surface area contributed by atoms with E-state index in [0.29, 0.717) is 17.6 Å². The van der Waals surface area contributed by atoms with E-state index >= 15 is 0 Å². The van der Waals surface area contributed by atoms with Crippen molar-refractivity contribution in [2.45, 2.75) is 37.6 Å². The first-order chi connectivity index (χ1) is 11.7. The Hall–Kier alpha value is -1.66. The second-order valence-corrected chi connectivity index (χ2v) is 7.14. The average Bonchev–Trinajstić information content (AvgIpc) is 3.47. The molecule has 0 aromatic heterocycles. The van der Waals surface area contributed by atoms with Crippen molar-refractivity contribution in [2.24, 2.45) is 0 Å². The summed E-state index contributed by atoms with van der Waals surface area (Å²) >= 11 is 0. The Kier molecular flexibility index (Phi) is 4.41. The van der Waals surface area contributed by atoms with Gasteiger partial charge in [0.05, 0.1) is 18.1 Å². The third-order valence-electron chi connectivity index (χ3n) is 5.62. The summed E-state index contributed by atoms with van der Waals surface area (Å²) < 4.78 is 5.45. The van der Waals surface area contributed by atoms with E-state index in [1.807, 2.05) is 6.07 Å². The van der Waals surface area contributed by atoms with Crippen molar-refractivity contribution in [3.8, 4) is 0 Å². The Bertz CT molecular complexity index is 604. The summed E-state index contributed by atoms with van der Waals surface area (Å²) in [5.74, 6) is 0.399. The van der Waals surface area contributed by atoms with Crippen LogP contribution in [0.2, 0.25) is 0 Å². The molecule has 0 N–H and O–H groups in total. The molecule has 0 radical (unpaired) electrons. The number of nitrogens with zero attached hydrogens (tertiary/aromatic N) is 3. The smallest absolute Gasteiger partial charge is 0.273 e. The fourth-order valence-corrected chi connectivity index (χ4v) is 4.06. The van der Waals surface area contributed by atoms with Crippen LogP contribution in [0.3, 0.4) is 0 Å². The van der Waals surface area contributed by atoms with Crippen LogP contribution in [0, 0.1) is 10.1 Å². The molecule has 2 aliphatic heterocycles. The largest absolute Gasteiger partial charge is 0.379 e. The predicted octanol–water partition coefficient (Wildman–Crippen LogP) is 2.77. The summed E-state index contributed by atoms with van der Waals surface area (Å²) in [6, 6.07) is 6.37. The zero-order valence-electron chi connectivity index (χ0n) is 14.0. The van der Waals surface area contributed by atoms with E-state index in [2.05, 4.69) is 15.9 Å². The standard InChI is InChI=1S/C18H25N3O3/c22-21(23)18-4-3-16(13-17(18)14-1-2-14)19-7-5-15(6-8-19)20-9-11-24-12-10-20/h3-4,13-15H,1-2,5-12H2. The van der Waals surface area contributed by atoms with Gasteiger partial charge in [-0.1, -0.05) is 0 Å². The average molecular weight is 331 g/mol. The minimum atomic E-state index is -0.234. The molecule has 3 aliphatic rings.